The highest BCUT2D eigenvalue weighted by molar-refractivity contribution is 6.08. The molecule has 0 bridgehead atoms. The van der Waals surface area contributed by atoms with Gasteiger partial charge < -0.3 is 14.6 Å². The molecule has 0 fully saturated rings. The monoisotopic (exact) mass is 284 g/mol. The summed E-state index contributed by atoms with van der Waals surface area (Å²) in [5.41, 5.74) is 0.942. The van der Waals surface area contributed by atoms with Crippen LogP contribution < -0.4 is 5.43 Å². The van der Waals surface area contributed by atoms with Crippen molar-refractivity contribution in [2.75, 3.05) is 0 Å². The Morgan fingerprint density at radius 3 is 2.57 bits per heavy atom. The molecule has 3 aromatic rings. The van der Waals surface area contributed by atoms with E-state index in [1.807, 2.05) is 13.8 Å². The number of benzene rings is 2. The van der Waals surface area contributed by atoms with Gasteiger partial charge in [0, 0.05) is 17.9 Å². The molecule has 2 N–H and O–H groups in total. The first kappa shape index (κ1) is 13.5. The first-order chi connectivity index (χ1) is 10.0. The third kappa shape index (κ3) is 2.13. The fraction of sp³-hybridized carbons (Fsp3) is 0.235. The Kier molecular flexibility index (Phi) is 3.09. The van der Waals surface area contributed by atoms with Gasteiger partial charge in [0.1, 0.15) is 28.2 Å². The Morgan fingerprint density at radius 2 is 1.86 bits per heavy atom. The third-order valence-corrected chi connectivity index (χ3v) is 3.62. The molecule has 0 radical (unpaired) electrons. The smallest absolute Gasteiger partial charge is 0.196 e. The van der Waals surface area contributed by atoms with Crippen molar-refractivity contribution < 1.29 is 14.6 Å². The lowest BCUT2D eigenvalue weighted by Crippen LogP contribution is -2.03. The molecular formula is C17H16O4. The molecule has 21 heavy (non-hydrogen) atoms. The summed E-state index contributed by atoms with van der Waals surface area (Å²) in [6.07, 6.45) is 1.53. The zero-order chi connectivity index (χ0) is 15.1. The molecule has 0 spiro atoms. The summed E-state index contributed by atoms with van der Waals surface area (Å²) in [6.45, 7) is 3.85. The Labute approximate surface area is 121 Å². The van der Waals surface area contributed by atoms with Crippen LogP contribution in [-0.2, 0) is 6.42 Å². The van der Waals surface area contributed by atoms with Crippen molar-refractivity contribution in [3.8, 4) is 11.5 Å². The van der Waals surface area contributed by atoms with Crippen molar-refractivity contribution in [3.05, 3.63) is 45.8 Å². The second-order valence-corrected chi connectivity index (χ2v) is 5.29. The maximum Gasteiger partial charge on any atom is 0.196 e. The lowest BCUT2D eigenvalue weighted by atomic mass is 10.0. The van der Waals surface area contributed by atoms with Crippen molar-refractivity contribution >= 4 is 21.7 Å². The number of hydrogen-bond donors (Lipinski definition) is 2. The van der Waals surface area contributed by atoms with Crippen molar-refractivity contribution in [1.29, 1.82) is 0 Å². The summed E-state index contributed by atoms with van der Waals surface area (Å²) >= 11 is 0. The van der Waals surface area contributed by atoms with Gasteiger partial charge in [-0.15, -0.1) is 0 Å². The number of aryl methyl sites for hydroxylation is 2. The molecule has 108 valence electrons. The Morgan fingerprint density at radius 1 is 1.10 bits per heavy atom. The quantitative estimate of drug-likeness (QED) is 0.705. The van der Waals surface area contributed by atoms with Crippen LogP contribution in [-0.4, -0.2) is 10.2 Å². The minimum Gasteiger partial charge on any atom is -0.508 e. The fourth-order valence-corrected chi connectivity index (χ4v) is 2.77. The third-order valence-electron chi connectivity index (χ3n) is 3.62. The largest absolute Gasteiger partial charge is 0.508 e. The Bertz CT molecular complexity index is 906. The molecule has 0 saturated carbocycles. The van der Waals surface area contributed by atoms with E-state index in [1.165, 1.54) is 12.1 Å². The highest BCUT2D eigenvalue weighted by atomic mass is 16.3. The van der Waals surface area contributed by atoms with Crippen LogP contribution in [0.3, 0.4) is 0 Å². The van der Waals surface area contributed by atoms with E-state index in [-0.39, 0.29) is 22.3 Å². The number of phenols is 2. The minimum absolute atomic E-state index is 0.116. The van der Waals surface area contributed by atoms with E-state index in [0.717, 1.165) is 17.4 Å². The second-order valence-electron chi connectivity index (χ2n) is 5.29. The average Bonchev–Trinajstić information content (AvgIpc) is 2.37. The van der Waals surface area contributed by atoms with Crippen LogP contribution in [0.5, 0.6) is 11.5 Å². The molecule has 0 atom stereocenters. The van der Waals surface area contributed by atoms with E-state index in [0.29, 0.717) is 23.2 Å². The van der Waals surface area contributed by atoms with Gasteiger partial charge in [-0.25, -0.2) is 0 Å². The number of hydrogen-bond acceptors (Lipinski definition) is 4. The molecule has 4 nitrogen and oxygen atoms in total. The van der Waals surface area contributed by atoms with E-state index in [9.17, 15) is 15.0 Å². The topological polar surface area (TPSA) is 70.7 Å². The summed E-state index contributed by atoms with van der Waals surface area (Å²) in [6, 6.07) is 6.09. The average molecular weight is 284 g/mol. The lowest BCUT2D eigenvalue weighted by Gasteiger charge is -2.10. The Hall–Kier alpha value is -2.49. The van der Waals surface area contributed by atoms with Gasteiger partial charge in [-0.2, -0.15) is 0 Å². The molecule has 1 aromatic heterocycles. The van der Waals surface area contributed by atoms with Crippen LogP contribution >= 0.6 is 0 Å². The highest BCUT2D eigenvalue weighted by Gasteiger charge is 2.15. The molecule has 0 saturated heterocycles. The van der Waals surface area contributed by atoms with Crippen LogP contribution in [0, 0.1) is 6.92 Å². The molecule has 4 heteroatoms. The maximum atomic E-state index is 12.2. The molecule has 0 unspecified atom stereocenters. The molecular weight excluding hydrogens is 268 g/mol. The van der Waals surface area contributed by atoms with Gasteiger partial charge in [-0.1, -0.05) is 6.92 Å². The number of rotatable bonds is 2. The van der Waals surface area contributed by atoms with Gasteiger partial charge in [0.25, 0.3) is 0 Å². The maximum absolute atomic E-state index is 12.2. The number of phenolic OH excluding ortho intramolecular Hbond substituents is 2. The summed E-state index contributed by atoms with van der Waals surface area (Å²) in [7, 11) is 0. The standard InChI is InChI=1S/C17H16O4/c1-3-4-12-8-14(20)16-13(19)7-10-6-11(18)5-9(2)15(10)17(16)21-12/h5-8,18-19H,3-4H2,1-2H3. The minimum atomic E-state index is -0.244. The van der Waals surface area contributed by atoms with Crippen LogP contribution in [0.2, 0.25) is 0 Å². The van der Waals surface area contributed by atoms with Crippen LogP contribution in [0.1, 0.15) is 24.7 Å². The molecule has 2 aromatic carbocycles. The molecule has 0 amide bonds. The van der Waals surface area contributed by atoms with E-state index in [1.54, 1.807) is 12.1 Å². The normalized spacial score (nSPS) is 11.3. The predicted octanol–water partition coefficient (Wildman–Crippen LogP) is 3.62. The van der Waals surface area contributed by atoms with Crippen molar-refractivity contribution in [2.24, 2.45) is 0 Å². The number of fused-ring (bicyclic) bond motifs is 3. The van der Waals surface area contributed by atoms with Crippen molar-refractivity contribution in [1.82, 2.24) is 0 Å². The first-order valence-corrected chi connectivity index (χ1v) is 6.93. The van der Waals surface area contributed by atoms with Crippen LogP contribution in [0.15, 0.2) is 33.5 Å². The summed E-state index contributed by atoms with van der Waals surface area (Å²) in [5.74, 6) is 0.597. The van der Waals surface area contributed by atoms with Gasteiger partial charge in [0.2, 0.25) is 0 Å². The zero-order valence-corrected chi connectivity index (χ0v) is 11.9. The molecule has 0 aliphatic rings. The van der Waals surface area contributed by atoms with Gasteiger partial charge in [-0.05, 0) is 42.5 Å². The summed E-state index contributed by atoms with van der Waals surface area (Å²) in [4.78, 5) is 12.2. The molecule has 1 heterocycles. The van der Waals surface area contributed by atoms with Gasteiger partial charge in [0.05, 0.1) is 0 Å². The lowest BCUT2D eigenvalue weighted by molar-refractivity contribution is 0.475. The van der Waals surface area contributed by atoms with Gasteiger partial charge in [0.15, 0.2) is 5.43 Å². The number of aromatic hydroxyl groups is 2. The molecule has 3 rings (SSSR count). The fourth-order valence-electron chi connectivity index (χ4n) is 2.77. The Balaban J connectivity index is 2.55. The van der Waals surface area contributed by atoms with Gasteiger partial charge in [-0.3, -0.25) is 4.79 Å². The van der Waals surface area contributed by atoms with E-state index >= 15 is 0 Å². The second kappa shape index (κ2) is 4.81. The zero-order valence-electron chi connectivity index (χ0n) is 11.9. The summed E-state index contributed by atoms with van der Waals surface area (Å²) in [5, 5.41) is 21.4. The van der Waals surface area contributed by atoms with Crippen LogP contribution in [0.4, 0.5) is 0 Å². The molecule has 0 aliphatic heterocycles. The van der Waals surface area contributed by atoms with Crippen molar-refractivity contribution in [2.45, 2.75) is 26.7 Å². The van der Waals surface area contributed by atoms with E-state index < -0.39 is 0 Å². The van der Waals surface area contributed by atoms with Crippen molar-refractivity contribution in [3.63, 3.8) is 0 Å². The molecule has 0 aliphatic carbocycles. The van der Waals surface area contributed by atoms with E-state index in [2.05, 4.69) is 0 Å². The van der Waals surface area contributed by atoms with Gasteiger partial charge >= 0.3 is 0 Å². The van der Waals surface area contributed by atoms with E-state index in [4.69, 9.17) is 4.42 Å². The summed E-state index contributed by atoms with van der Waals surface area (Å²) < 4.78 is 5.86. The SMILES string of the molecule is CCCc1cc(=O)c2c(O)cc3cc(O)cc(C)c3c2o1. The predicted molar refractivity (Wildman–Crippen MR) is 82.1 cm³/mol. The first-order valence-electron chi connectivity index (χ1n) is 6.93. The highest BCUT2D eigenvalue weighted by Crippen LogP contribution is 2.35. The van der Waals surface area contributed by atoms with Crippen LogP contribution in [0.25, 0.3) is 21.7 Å².